The number of hydrogen-bond acceptors (Lipinski definition) is 4. The summed E-state index contributed by atoms with van der Waals surface area (Å²) >= 11 is 0. The minimum absolute atomic E-state index is 0.447. The van der Waals surface area contributed by atoms with Crippen molar-refractivity contribution in [1.29, 1.82) is 0 Å². The number of rotatable bonds is 6. The van der Waals surface area contributed by atoms with Crippen molar-refractivity contribution >= 4 is 0 Å². The first-order valence-corrected chi connectivity index (χ1v) is 6.59. The first-order valence-electron chi connectivity index (χ1n) is 6.59. The van der Waals surface area contributed by atoms with Gasteiger partial charge in [-0.2, -0.15) is 5.10 Å². The van der Waals surface area contributed by atoms with E-state index in [1.165, 1.54) is 0 Å². The van der Waals surface area contributed by atoms with E-state index >= 15 is 0 Å². The topological polar surface area (TPSA) is 63.8 Å². The van der Waals surface area contributed by atoms with E-state index in [0.717, 1.165) is 17.9 Å². The first kappa shape index (κ1) is 13.7. The number of hydrogen-bond donors (Lipinski definition) is 1. The van der Waals surface area contributed by atoms with Crippen LogP contribution in [0, 0.1) is 5.92 Å². The fourth-order valence-electron chi connectivity index (χ4n) is 2.02. The molecule has 0 aliphatic rings. The zero-order chi connectivity index (χ0) is 13.7. The van der Waals surface area contributed by atoms with E-state index < -0.39 is 6.10 Å². The lowest BCUT2D eigenvalue weighted by molar-refractivity contribution is 0.170. The maximum Gasteiger partial charge on any atom is 0.138 e. The molecule has 2 aromatic rings. The Labute approximate surface area is 113 Å². The van der Waals surface area contributed by atoms with Crippen LogP contribution in [0.15, 0.2) is 30.9 Å². The number of nitrogens with zero attached hydrogens (tertiary/aromatic N) is 4. The average molecular weight is 260 g/mol. The molecular weight excluding hydrogens is 240 g/mol. The minimum Gasteiger partial charge on any atom is -0.392 e. The predicted molar refractivity (Wildman–Crippen MR) is 72.5 cm³/mol. The van der Waals surface area contributed by atoms with Crippen molar-refractivity contribution in [2.24, 2.45) is 5.92 Å². The highest BCUT2D eigenvalue weighted by molar-refractivity contribution is 5.11. The third-order valence-electron chi connectivity index (χ3n) is 2.87. The van der Waals surface area contributed by atoms with Crippen LogP contribution in [0.1, 0.15) is 25.2 Å². The lowest BCUT2D eigenvalue weighted by atomic mass is 10.1. The molecule has 0 aliphatic carbocycles. The number of pyridine rings is 1. The van der Waals surface area contributed by atoms with Crippen LogP contribution < -0.4 is 0 Å². The van der Waals surface area contributed by atoms with Crippen molar-refractivity contribution < 1.29 is 5.11 Å². The molecule has 102 valence electrons. The summed E-state index contributed by atoms with van der Waals surface area (Å²) in [5.74, 6) is 1.35. The van der Waals surface area contributed by atoms with Gasteiger partial charge in [-0.15, -0.1) is 0 Å². The molecule has 0 aromatic carbocycles. The molecule has 5 heteroatoms. The van der Waals surface area contributed by atoms with Gasteiger partial charge < -0.3 is 5.11 Å². The Bertz CT molecular complexity index is 495. The molecule has 1 N–H and O–H groups in total. The molecule has 2 rings (SSSR count). The van der Waals surface area contributed by atoms with Gasteiger partial charge in [0.25, 0.3) is 0 Å². The summed E-state index contributed by atoms with van der Waals surface area (Å²) in [4.78, 5) is 8.20. The highest BCUT2D eigenvalue weighted by Crippen LogP contribution is 2.08. The molecule has 0 amide bonds. The Hall–Kier alpha value is -1.75. The second-order valence-corrected chi connectivity index (χ2v) is 5.17. The summed E-state index contributed by atoms with van der Waals surface area (Å²) in [5.41, 5.74) is 1.08. The Kier molecular flexibility index (Phi) is 4.63. The van der Waals surface area contributed by atoms with Crippen LogP contribution in [-0.4, -0.2) is 31.0 Å². The molecule has 0 fully saturated rings. The minimum atomic E-state index is -0.447. The van der Waals surface area contributed by atoms with Crippen LogP contribution in [0.25, 0.3) is 0 Å². The molecule has 0 bridgehead atoms. The normalized spacial score (nSPS) is 12.8. The lowest BCUT2D eigenvalue weighted by Crippen LogP contribution is -2.19. The summed E-state index contributed by atoms with van der Waals surface area (Å²) < 4.78 is 1.88. The number of aromatic nitrogens is 4. The van der Waals surface area contributed by atoms with E-state index in [2.05, 4.69) is 28.9 Å². The maximum absolute atomic E-state index is 10.1. The largest absolute Gasteiger partial charge is 0.392 e. The van der Waals surface area contributed by atoms with Gasteiger partial charge in [0.05, 0.1) is 6.10 Å². The van der Waals surface area contributed by atoms with Crippen LogP contribution in [0.4, 0.5) is 0 Å². The van der Waals surface area contributed by atoms with Gasteiger partial charge in [-0.25, -0.2) is 9.67 Å². The first-order chi connectivity index (χ1) is 9.15. The zero-order valence-electron chi connectivity index (χ0n) is 11.4. The number of aliphatic hydroxyl groups excluding tert-OH is 1. The molecule has 1 unspecified atom stereocenters. The SMILES string of the molecule is CC(C)Cn1ncnc1CC(O)Cc1ccncc1. The van der Waals surface area contributed by atoms with Crippen LogP contribution in [0.5, 0.6) is 0 Å². The monoisotopic (exact) mass is 260 g/mol. The third-order valence-corrected chi connectivity index (χ3v) is 2.87. The van der Waals surface area contributed by atoms with Gasteiger partial charge in [-0.1, -0.05) is 13.8 Å². The molecule has 2 heterocycles. The van der Waals surface area contributed by atoms with Gasteiger partial charge in [-0.05, 0) is 30.0 Å². The summed E-state index contributed by atoms with van der Waals surface area (Å²) in [7, 11) is 0. The quantitative estimate of drug-likeness (QED) is 0.854. The summed E-state index contributed by atoms with van der Waals surface area (Å²) in [6.45, 7) is 5.11. The third kappa shape index (κ3) is 4.13. The smallest absolute Gasteiger partial charge is 0.138 e. The van der Waals surface area contributed by atoms with E-state index in [-0.39, 0.29) is 0 Å². The lowest BCUT2D eigenvalue weighted by Gasteiger charge is -2.12. The molecule has 19 heavy (non-hydrogen) atoms. The van der Waals surface area contributed by atoms with Crippen LogP contribution in [0.3, 0.4) is 0 Å². The van der Waals surface area contributed by atoms with Gasteiger partial charge >= 0.3 is 0 Å². The van der Waals surface area contributed by atoms with Crippen LogP contribution >= 0.6 is 0 Å². The van der Waals surface area contributed by atoms with Crippen molar-refractivity contribution in [2.45, 2.75) is 39.3 Å². The fourth-order valence-corrected chi connectivity index (χ4v) is 2.02. The van der Waals surface area contributed by atoms with Gasteiger partial charge in [-0.3, -0.25) is 4.98 Å². The summed E-state index contributed by atoms with van der Waals surface area (Å²) in [6, 6.07) is 3.84. The average Bonchev–Trinajstić information content (AvgIpc) is 2.77. The maximum atomic E-state index is 10.1. The molecule has 0 saturated carbocycles. The Morgan fingerprint density at radius 3 is 2.63 bits per heavy atom. The van der Waals surface area contributed by atoms with Gasteiger partial charge in [0.15, 0.2) is 0 Å². The highest BCUT2D eigenvalue weighted by atomic mass is 16.3. The van der Waals surface area contributed by atoms with E-state index in [4.69, 9.17) is 0 Å². The summed E-state index contributed by atoms with van der Waals surface area (Å²) in [5, 5.41) is 14.3. The fraction of sp³-hybridized carbons (Fsp3) is 0.500. The van der Waals surface area contributed by atoms with E-state index in [1.54, 1.807) is 18.7 Å². The van der Waals surface area contributed by atoms with Crippen molar-refractivity contribution in [1.82, 2.24) is 19.7 Å². The molecule has 1 atom stereocenters. The highest BCUT2D eigenvalue weighted by Gasteiger charge is 2.12. The van der Waals surface area contributed by atoms with Crippen molar-refractivity contribution in [3.63, 3.8) is 0 Å². The summed E-state index contributed by atoms with van der Waals surface area (Å²) in [6.07, 6.45) is 5.72. The van der Waals surface area contributed by atoms with Crippen molar-refractivity contribution in [3.05, 3.63) is 42.2 Å². The molecule has 0 aliphatic heterocycles. The molecule has 0 saturated heterocycles. The van der Waals surface area contributed by atoms with E-state index in [1.807, 2.05) is 16.8 Å². The van der Waals surface area contributed by atoms with Crippen LogP contribution in [0.2, 0.25) is 0 Å². The molecule has 2 aromatic heterocycles. The predicted octanol–water partition coefficient (Wildman–Crippen LogP) is 1.48. The van der Waals surface area contributed by atoms with Crippen LogP contribution in [-0.2, 0) is 19.4 Å². The molecular formula is C14H20N4O. The second-order valence-electron chi connectivity index (χ2n) is 5.17. The van der Waals surface area contributed by atoms with E-state index in [9.17, 15) is 5.11 Å². The molecule has 0 spiro atoms. The van der Waals surface area contributed by atoms with Gasteiger partial charge in [0.2, 0.25) is 0 Å². The van der Waals surface area contributed by atoms with Crippen molar-refractivity contribution in [2.75, 3.05) is 0 Å². The Morgan fingerprint density at radius 1 is 1.21 bits per heavy atom. The second kappa shape index (κ2) is 6.43. The zero-order valence-corrected chi connectivity index (χ0v) is 11.4. The van der Waals surface area contributed by atoms with Gasteiger partial charge in [0.1, 0.15) is 12.2 Å². The molecule has 5 nitrogen and oxygen atoms in total. The standard InChI is InChI=1S/C14H20N4O/c1-11(2)9-18-14(16-10-17-18)8-13(19)7-12-3-5-15-6-4-12/h3-6,10-11,13,19H,7-9H2,1-2H3. The van der Waals surface area contributed by atoms with Crippen molar-refractivity contribution in [3.8, 4) is 0 Å². The van der Waals surface area contributed by atoms with E-state index in [0.29, 0.717) is 18.8 Å². The van der Waals surface area contributed by atoms with Gasteiger partial charge in [0, 0.05) is 25.4 Å². The Morgan fingerprint density at radius 2 is 1.95 bits per heavy atom. The number of aliphatic hydroxyl groups is 1. The molecule has 0 radical (unpaired) electrons. The Balaban J connectivity index is 1.95.